The average Bonchev–Trinajstić information content (AvgIpc) is 2.26. The van der Waals surface area contributed by atoms with E-state index in [9.17, 15) is 28.1 Å². The Hall–Kier alpha value is -2.39. The summed E-state index contributed by atoms with van der Waals surface area (Å²) in [4.78, 5) is 23.2. The van der Waals surface area contributed by atoms with Gasteiger partial charge in [-0.3, -0.25) is 14.9 Å². The highest BCUT2D eigenvalue weighted by molar-refractivity contribution is 5.75. The molecule has 0 aromatic carbocycles. The smallest absolute Gasteiger partial charge is 0.478 e. The molecule has 0 bridgehead atoms. The van der Waals surface area contributed by atoms with Crippen LogP contribution < -0.4 is 9.47 Å². The monoisotopic (exact) mass is 266 g/mol. The third-order valence-corrected chi connectivity index (χ3v) is 1.67. The number of hydrogen-bond donors (Lipinski definition) is 0. The van der Waals surface area contributed by atoms with Gasteiger partial charge in [-0.25, -0.2) is 4.98 Å². The van der Waals surface area contributed by atoms with Gasteiger partial charge in [0.05, 0.1) is 12.0 Å². The number of nitrogens with zero attached hydrogens (tertiary/aromatic N) is 2. The minimum Gasteiger partial charge on any atom is -0.478 e. The van der Waals surface area contributed by atoms with Crippen molar-refractivity contribution >= 4 is 12.0 Å². The Labute approximate surface area is 97.3 Å². The fraction of sp³-hybridized carbons (Fsp3) is 0.250. The molecule has 0 aliphatic carbocycles. The third kappa shape index (κ3) is 3.06. The molecule has 0 aliphatic rings. The van der Waals surface area contributed by atoms with Crippen molar-refractivity contribution < 1.29 is 32.4 Å². The number of methoxy groups -OCH3 is 1. The Bertz CT molecular complexity index is 488. The molecule has 7 nitrogen and oxygen atoms in total. The SMILES string of the molecule is COc1nc(C=O)cc([N+](=O)[O-])c1OC(F)(F)F. The number of carbonyl (C=O) groups is 1. The highest BCUT2D eigenvalue weighted by Crippen LogP contribution is 2.39. The maximum absolute atomic E-state index is 12.1. The van der Waals surface area contributed by atoms with Crippen molar-refractivity contribution in [1.29, 1.82) is 0 Å². The summed E-state index contributed by atoms with van der Waals surface area (Å²) in [5.41, 5.74) is -1.52. The van der Waals surface area contributed by atoms with Gasteiger partial charge in [0.15, 0.2) is 6.29 Å². The number of hydrogen-bond acceptors (Lipinski definition) is 6. The number of aromatic nitrogens is 1. The van der Waals surface area contributed by atoms with Crippen LogP contribution >= 0.6 is 0 Å². The van der Waals surface area contributed by atoms with Crippen LogP contribution in [0.1, 0.15) is 10.5 Å². The first-order valence-corrected chi connectivity index (χ1v) is 4.23. The molecule has 0 saturated heterocycles. The molecule has 18 heavy (non-hydrogen) atoms. The minimum absolute atomic E-state index is 0.132. The largest absolute Gasteiger partial charge is 0.573 e. The van der Waals surface area contributed by atoms with Crippen LogP contribution in [0.3, 0.4) is 0 Å². The van der Waals surface area contributed by atoms with E-state index in [1.807, 2.05) is 0 Å². The van der Waals surface area contributed by atoms with Crippen molar-refractivity contribution in [3.63, 3.8) is 0 Å². The van der Waals surface area contributed by atoms with Crippen LogP contribution in [0.15, 0.2) is 6.07 Å². The standard InChI is InChI=1S/C8H5F3N2O5/c1-17-7-6(18-8(9,10)11)5(13(15)16)2-4(3-14)12-7/h2-3H,1H3. The van der Waals surface area contributed by atoms with E-state index in [1.165, 1.54) is 0 Å². The second-order valence-corrected chi connectivity index (χ2v) is 2.83. The zero-order valence-electron chi connectivity index (χ0n) is 8.72. The molecule has 0 aliphatic heterocycles. The second kappa shape index (κ2) is 4.85. The zero-order valence-corrected chi connectivity index (χ0v) is 8.72. The molecular formula is C8H5F3N2O5. The molecule has 0 N–H and O–H groups in total. The first-order valence-electron chi connectivity index (χ1n) is 4.23. The highest BCUT2D eigenvalue weighted by atomic mass is 19.4. The van der Waals surface area contributed by atoms with Gasteiger partial charge in [-0.15, -0.1) is 13.2 Å². The molecule has 0 fully saturated rings. The van der Waals surface area contributed by atoms with Crippen LogP contribution in [0.5, 0.6) is 11.6 Å². The molecule has 1 rings (SSSR count). The van der Waals surface area contributed by atoms with Gasteiger partial charge in [-0.05, 0) is 0 Å². The lowest BCUT2D eigenvalue weighted by Crippen LogP contribution is -2.19. The Morgan fingerprint density at radius 1 is 1.50 bits per heavy atom. The van der Waals surface area contributed by atoms with E-state index in [1.54, 1.807) is 0 Å². The number of ether oxygens (including phenoxy) is 2. The van der Waals surface area contributed by atoms with E-state index in [2.05, 4.69) is 14.5 Å². The van der Waals surface area contributed by atoms with Crippen molar-refractivity contribution in [2.75, 3.05) is 7.11 Å². The Morgan fingerprint density at radius 2 is 2.11 bits per heavy atom. The molecule has 1 aromatic rings. The molecular weight excluding hydrogens is 261 g/mol. The average molecular weight is 266 g/mol. The summed E-state index contributed by atoms with van der Waals surface area (Å²) in [5, 5.41) is 10.6. The van der Waals surface area contributed by atoms with E-state index in [0.717, 1.165) is 7.11 Å². The van der Waals surface area contributed by atoms with Gasteiger partial charge in [0.2, 0.25) is 0 Å². The molecule has 0 spiro atoms. The van der Waals surface area contributed by atoms with Gasteiger partial charge in [0.1, 0.15) is 5.69 Å². The number of alkyl halides is 3. The highest BCUT2D eigenvalue weighted by Gasteiger charge is 2.37. The van der Waals surface area contributed by atoms with E-state index >= 15 is 0 Å². The molecule has 1 heterocycles. The number of rotatable bonds is 4. The molecule has 98 valence electrons. The van der Waals surface area contributed by atoms with Gasteiger partial charge in [0.25, 0.3) is 11.6 Å². The van der Waals surface area contributed by atoms with Crippen molar-refractivity contribution in [3.05, 3.63) is 21.9 Å². The topological polar surface area (TPSA) is 91.6 Å². The minimum atomic E-state index is -5.15. The van der Waals surface area contributed by atoms with Crippen LogP contribution in [0, 0.1) is 10.1 Å². The summed E-state index contributed by atoms with van der Waals surface area (Å²) < 4.78 is 44.2. The molecule has 0 atom stereocenters. The van der Waals surface area contributed by atoms with Crippen LogP contribution in [0.4, 0.5) is 18.9 Å². The number of carbonyl (C=O) groups excluding carboxylic acids is 1. The Morgan fingerprint density at radius 3 is 2.50 bits per heavy atom. The second-order valence-electron chi connectivity index (χ2n) is 2.83. The predicted molar refractivity (Wildman–Crippen MR) is 49.5 cm³/mol. The number of aldehydes is 1. The summed E-state index contributed by atoms with van der Waals surface area (Å²) >= 11 is 0. The number of halogens is 3. The fourth-order valence-electron chi connectivity index (χ4n) is 1.06. The normalized spacial score (nSPS) is 10.9. The Kier molecular flexibility index (Phi) is 3.69. The lowest BCUT2D eigenvalue weighted by Gasteiger charge is -2.11. The zero-order chi connectivity index (χ0) is 13.9. The summed E-state index contributed by atoms with van der Waals surface area (Å²) in [7, 11) is 0.934. The summed E-state index contributed by atoms with van der Waals surface area (Å²) in [5.74, 6) is -2.01. The van der Waals surface area contributed by atoms with Crippen molar-refractivity contribution in [1.82, 2.24) is 4.98 Å². The number of pyridine rings is 1. The molecule has 0 radical (unpaired) electrons. The van der Waals surface area contributed by atoms with Crippen molar-refractivity contribution in [2.45, 2.75) is 6.36 Å². The lowest BCUT2D eigenvalue weighted by atomic mass is 10.3. The third-order valence-electron chi connectivity index (χ3n) is 1.67. The van der Waals surface area contributed by atoms with Crippen LogP contribution in [0.2, 0.25) is 0 Å². The molecule has 0 unspecified atom stereocenters. The first-order chi connectivity index (χ1) is 8.28. The van der Waals surface area contributed by atoms with E-state index < -0.39 is 34.3 Å². The van der Waals surface area contributed by atoms with Crippen molar-refractivity contribution in [2.24, 2.45) is 0 Å². The van der Waals surface area contributed by atoms with Gasteiger partial charge >= 0.3 is 12.0 Å². The van der Waals surface area contributed by atoms with Gasteiger partial charge < -0.3 is 9.47 Å². The summed E-state index contributed by atoms with van der Waals surface area (Å²) in [6, 6.07) is 0.552. The Balaban J connectivity index is 3.44. The van der Waals surface area contributed by atoms with Crippen LogP contribution in [-0.2, 0) is 0 Å². The molecule has 0 amide bonds. The number of nitro groups is 1. The summed E-state index contributed by atoms with van der Waals surface area (Å²) in [6.07, 6.45) is -5.02. The van der Waals surface area contributed by atoms with E-state index in [0.29, 0.717) is 6.07 Å². The summed E-state index contributed by atoms with van der Waals surface area (Å²) in [6.45, 7) is 0. The quantitative estimate of drug-likeness (QED) is 0.468. The van der Waals surface area contributed by atoms with Crippen molar-refractivity contribution in [3.8, 4) is 11.6 Å². The lowest BCUT2D eigenvalue weighted by molar-refractivity contribution is -0.388. The van der Waals surface area contributed by atoms with Crippen LogP contribution in [0.25, 0.3) is 0 Å². The van der Waals surface area contributed by atoms with Crippen LogP contribution in [-0.4, -0.2) is 29.7 Å². The molecule has 0 saturated carbocycles. The van der Waals surface area contributed by atoms with Gasteiger partial charge in [0, 0.05) is 6.07 Å². The predicted octanol–water partition coefficient (Wildman–Crippen LogP) is 1.71. The van der Waals surface area contributed by atoms with E-state index in [-0.39, 0.29) is 6.29 Å². The fourth-order valence-corrected chi connectivity index (χ4v) is 1.06. The first kappa shape index (κ1) is 13.7. The van der Waals surface area contributed by atoms with Gasteiger partial charge in [-0.1, -0.05) is 0 Å². The molecule has 1 aromatic heterocycles. The van der Waals surface area contributed by atoms with E-state index in [4.69, 9.17) is 0 Å². The van der Waals surface area contributed by atoms with Gasteiger partial charge in [-0.2, -0.15) is 0 Å². The maximum atomic E-state index is 12.1. The maximum Gasteiger partial charge on any atom is 0.573 e. The molecule has 10 heteroatoms.